The molecule has 0 aliphatic carbocycles. The molecular weight excluding hydrogens is 242 g/mol. The fourth-order valence-corrected chi connectivity index (χ4v) is 1.81. The molecule has 0 unspecified atom stereocenters. The Balaban J connectivity index is 2.10. The Morgan fingerprint density at radius 2 is 2.21 bits per heavy atom. The number of nitriles is 1. The number of anilines is 2. The quantitative estimate of drug-likeness (QED) is 0.679. The summed E-state index contributed by atoms with van der Waals surface area (Å²) in [4.78, 5) is 5.98. The summed E-state index contributed by atoms with van der Waals surface area (Å²) in [6.07, 6.45) is 3.26. The van der Waals surface area contributed by atoms with Crippen LogP contribution in [0.15, 0.2) is 36.7 Å². The van der Waals surface area contributed by atoms with Crippen molar-refractivity contribution in [1.29, 1.82) is 5.26 Å². The number of benzene rings is 1. The molecule has 0 amide bonds. The molecule has 0 bridgehead atoms. The monoisotopic (exact) mass is 251 g/mol. The highest BCUT2D eigenvalue weighted by Gasteiger charge is 2.10. The third-order valence-electron chi connectivity index (χ3n) is 2.80. The Bertz CT molecular complexity index is 771. The third kappa shape index (κ3) is 1.85. The van der Waals surface area contributed by atoms with Crippen LogP contribution >= 0.6 is 0 Å². The standard InChI is InChI=1S/C12H9N7/c1-18(10-4-2-3-9(5-10)6-13)12-8-14-7-11-15-16-17-19(11)12/h2-5,7-8H,1H3. The average molecular weight is 251 g/mol. The molecule has 7 heteroatoms. The smallest absolute Gasteiger partial charge is 0.199 e. The number of rotatable bonds is 2. The number of fused-ring (bicyclic) bond motifs is 1. The van der Waals surface area contributed by atoms with Crippen molar-refractivity contribution in [3.05, 3.63) is 42.2 Å². The lowest BCUT2D eigenvalue weighted by Gasteiger charge is -2.19. The van der Waals surface area contributed by atoms with Crippen molar-refractivity contribution < 1.29 is 0 Å². The van der Waals surface area contributed by atoms with Gasteiger partial charge in [-0.15, -0.1) is 5.10 Å². The zero-order chi connectivity index (χ0) is 13.2. The van der Waals surface area contributed by atoms with Crippen molar-refractivity contribution in [2.45, 2.75) is 0 Å². The van der Waals surface area contributed by atoms with Crippen molar-refractivity contribution in [2.75, 3.05) is 11.9 Å². The molecule has 2 aromatic heterocycles. The summed E-state index contributed by atoms with van der Waals surface area (Å²) in [5, 5.41) is 20.3. The summed E-state index contributed by atoms with van der Waals surface area (Å²) in [6, 6.07) is 9.41. The van der Waals surface area contributed by atoms with E-state index in [4.69, 9.17) is 5.26 Å². The maximum absolute atomic E-state index is 8.93. The van der Waals surface area contributed by atoms with Gasteiger partial charge in [-0.2, -0.15) is 9.78 Å². The van der Waals surface area contributed by atoms with E-state index in [-0.39, 0.29) is 0 Å². The molecule has 0 aliphatic heterocycles. The molecule has 0 fully saturated rings. The fourth-order valence-electron chi connectivity index (χ4n) is 1.81. The molecule has 0 saturated carbocycles. The van der Waals surface area contributed by atoms with Gasteiger partial charge in [-0.25, -0.2) is 0 Å². The lowest BCUT2D eigenvalue weighted by molar-refractivity contribution is 0.813. The van der Waals surface area contributed by atoms with E-state index in [2.05, 4.69) is 26.6 Å². The van der Waals surface area contributed by atoms with Gasteiger partial charge in [0.25, 0.3) is 0 Å². The van der Waals surface area contributed by atoms with E-state index >= 15 is 0 Å². The summed E-state index contributed by atoms with van der Waals surface area (Å²) in [5.41, 5.74) is 2.03. The maximum Gasteiger partial charge on any atom is 0.199 e. The minimum Gasteiger partial charge on any atom is -0.328 e. The molecule has 0 spiro atoms. The predicted molar refractivity (Wildman–Crippen MR) is 67.8 cm³/mol. The summed E-state index contributed by atoms with van der Waals surface area (Å²) < 4.78 is 1.59. The van der Waals surface area contributed by atoms with Gasteiger partial charge in [-0.1, -0.05) is 6.07 Å². The minimum absolute atomic E-state index is 0.570. The van der Waals surface area contributed by atoms with Gasteiger partial charge in [0.1, 0.15) is 0 Å². The molecule has 19 heavy (non-hydrogen) atoms. The summed E-state index contributed by atoms with van der Waals surface area (Å²) >= 11 is 0. The van der Waals surface area contributed by atoms with Gasteiger partial charge in [0, 0.05) is 12.7 Å². The van der Waals surface area contributed by atoms with Crippen molar-refractivity contribution in [2.24, 2.45) is 0 Å². The summed E-state index contributed by atoms with van der Waals surface area (Å²) in [7, 11) is 1.87. The van der Waals surface area contributed by atoms with Gasteiger partial charge < -0.3 is 4.90 Å². The lowest BCUT2D eigenvalue weighted by Crippen LogP contribution is -2.14. The SMILES string of the molecule is CN(c1cccc(C#N)c1)c1cncc2nnnn12. The van der Waals surface area contributed by atoms with Gasteiger partial charge in [-0.05, 0) is 28.6 Å². The summed E-state index contributed by atoms with van der Waals surface area (Å²) in [6.45, 7) is 0. The second-order valence-electron chi connectivity index (χ2n) is 3.94. The molecule has 7 nitrogen and oxygen atoms in total. The molecule has 92 valence electrons. The van der Waals surface area contributed by atoms with Gasteiger partial charge >= 0.3 is 0 Å². The van der Waals surface area contributed by atoms with Gasteiger partial charge in [0.15, 0.2) is 11.5 Å². The Kier molecular flexibility index (Phi) is 2.54. The molecule has 0 saturated heterocycles. The van der Waals surface area contributed by atoms with Crippen LogP contribution in [0, 0.1) is 11.3 Å². The third-order valence-corrected chi connectivity index (χ3v) is 2.80. The van der Waals surface area contributed by atoms with Crippen LogP contribution in [-0.4, -0.2) is 32.1 Å². The zero-order valence-electron chi connectivity index (χ0n) is 10.1. The van der Waals surface area contributed by atoms with Crippen molar-refractivity contribution in [1.82, 2.24) is 25.0 Å². The van der Waals surface area contributed by atoms with E-state index in [1.165, 1.54) is 0 Å². The highest BCUT2D eigenvalue weighted by Crippen LogP contribution is 2.23. The molecular formula is C12H9N7. The van der Waals surface area contributed by atoms with Crippen molar-refractivity contribution >= 4 is 17.2 Å². The van der Waals surface area contributed by atoms with Crippen LogP contribution < -0.4 is 4.90 Å². The molecule has 2 heterocycles. The molecule has 0 radical (unpaired) electrons. The second kappa shape index (κ2) is 4.34. The van der Waals surface area contributed by atoms with Crippen molar-refractivity contribution in [3.63, 3.8) is 0 Å². The van der Waals surface area contributed by atoms with Crippen LogP contribution in [0.4, 0.5) is 11.5 Å². The van der Waals surface area contributed by atoms with E-state index in [0.717, 1.165) is 11.5 Å². The van der Waals surface area contributed by atoms with E-state index in [1.54, 1.807) is 29.0 Å². The molecule has 0 N–H and O–H groups in total. The van der Waals surface area contributed by atoms with Gasteiger partial charge in [0.2, 0.25) is 0 Å². The Morgan fingerprint density at radius 3 is 3.05 bits per heavy atom. The van der Waals surface area contributed by atoms with Gasteiger partial charge in [-0.3, -0.25) is 4.98 Å². The van der Waals surface area contributed by atoms with E-state index < -0.39 is 0 Å². The fraction of sp³-hybridized carbons (Fsp3) is 0.0833. The summed E-state index contributed by atoms with van der Waals surface area (Å²) in [5.74, 6) is 0.720. The van der Waals surface area contributed by atoms with Crippen LogP contribution in [0.5, 0.6) is 0 Å². The van der Waals surface area contributed by atoms with Crippen LogP contribution in [0.2, 0.25) is 0 Å². The van der Waals surface area contributed by atoms with Crippen LogP contribution in [0.25, 0.3) is 5.65 Å². The Labute approximate surface area is 108 Å². The number of nitrogens with zero attached hydrogens (tertiary/aromatic N) is 7. The zero-order valence-corrected chi connectivity index (χ0v) is 10.1. The Morgan fingerprint density at radius 1 is 1.32 bits per heavy atom. The molecule has 3 rings (SSSR count). The maximum atomic E-state index is 8.93. The van der Waals surface area contributed by atoms with Crippen LogP contribution in [0.1, 0.15) is 5.56 Å². The van der Waals surface area contributed by atoms with E-state index in [1.807, 2.05) is 24.1 Å². The van der Waals surface area contributed by atoms with Crippen molar-refractivity contribution in [3.8, 4) is 6.07 Å². The lowest BCUT2D eigenvalue weighted by atomic mass is 10.2. The molecule has 0 atom stereocenters. The van der Waals surface area contributed by atoms with Crippen LogP contribution in [0.3, 0.4) is 0 Å². The normalized spacial score (nSPS) is 10.3. The van der Waals surface area contributed by atoms with Crippen LogP contribution in [-0.2, 0) is 0 Å². The average Bonchev–Trinajstić information content (AvgIpc) is 2.95. The Hall–Kier alpha value is -3.01. The molecule has 0 aliphatic rings. The molecule has 3 aromatic rings. The minimum atomic E-state index is 0.570. The number of tetrazole rings is 1. The highest BCUT2D eigenvalue weighted by atomic mass is 15.5. The second-order valence-corrected chi connectivity index (χ2v) is 3.94. The molecule has 1 aromatic carbocycles. The highest BCUT2D eigenvalue weighted by molar-refractivity contribution is 5.62. The first kappa shape index (κ1) is 11.1. The largest absolute Gasteiger partial charge is 0.328 e. The first-order valence-electron chi connectivity index (χ1n) is 5.55. The topological polar surface area (TPSA) is 83.0 Å². The first-order chi connectivity index (χ1) is 9.29. The van der Waals surface area contributed by atoms with E-state index in [9.17, 15) is 0 Å². The number of hydrogen-bond acceptors (Lipinski definition) is 6. The first-order valence-corrected chi connectivity index (χ1v) is 5.55. The number of hydrogen-bond donors (Lipinski definition) is 0. The predicted octanol–water partition coefficient (Wildman–Crippen LogP) is 1.16. The van der Waals surface area contributed by atoms with E-state index in [0.29, 0.717) is 11.2 Å². The van der Waals surface area contributed by atoms with Gasteiger partial charge in [0.05, 0.1) is 24.0 Å². The number of aromatic nitrogens is 5.